The van der Waals surface area contributed by atoms with Crippen molar-refractivity contribution in [3.63, 3.8) is 0 Å². The lowest BCUT2D eigenvalue weighted by atomic mass is 10.3. The molecule has 0 saturated heterocycles. The van der Waals surface area contributed by atoms with Crippen molar-refractivity contribution in [2.24, 2.45) is 0 Å². The zero-order chi connectivity index (χ0) is 15.0. The Kier molecular flexibility index (Phi) is 3.69. The third kappa shape index (κ3) is 2.80. The first-order valence-corrected chi connectivity index (χ1v) is 7.10. The first-order chi connectivity index (χ1) is 10.0. The molecule has 1 atom stereocenters. The van der Waals surface area contributed by atoms with E-state index in [0.29, 0.717) is 33.2 Å². The van der Waals surface area contributed by atoms with Gasteiger partial charge >= 0.3 is 0 Å². The summed E-state index contributed by atoms with van der Waals surface area (Å²) < 4.78 is 7.68. The Morgan fingerprint density at radius 1 is 1.19 bits per heavy atom. The van der Waals surface area contributed by atoms with Crippen molar-refractivity contribution < 1.29 is 4.74 Å². The quantitative estimate of drug-likeness (QED) is 0.687. The number of hydrogen-bond donors (Lipinski definition) is 0. The number of fused-ring (bicyclic) bond motifs is 1. The molecule has 3 rings (SSSR count). The summed E-state index contributed by atoms with van der Waals surface area (Å²) in [6.45, 7) is 3.74. The van der Waals surface area contributed by atoms with Crippen LogP contribution in [0, 0.1) is 6.92 Å². The minimum Gasteiger partial charge on any atom is -0.483 e. The van der Waals surface area contributed by atoms with Gasteiger partial charge in [0.2, 0.25) is 0 Å². The average Bonchev–Trinajstić information content (AvgIpc) is 2.82. The van der Waals surface area contributed by atoms with Crippen LogP contribution in [0.1, 0.15) is 24.7 Å². The SMILES string of the molecule is Cc1nc(Cl)cc2nnc(C(C)Oc3cccc(Cl)c3)n12. The largest absolute Gasteiger partial charge is 0.483 e. The second kappa shape index (κ2) is 5.50. The highest BCUT2D eigenvalue weighted by atomic mass is 35.5. The van der Waals surface area contributed by atoms with E-state index >= 15 is 0 Å². The molecule has 0 saturated carbocycles. The minimum absolute atomic E-state index is 0.305. The van der Waals surface area contributed by atoms with Crippen LogP contribution in [0.2, 0.25) is 10.2 Å². The molecule has 2 heterocycles. The minimum atomic E-state index is -0.305. The summed E-state index contributed by atoms with van der Waals surface area (Å²) in [7, 11) is 0. The third-order valence-electron chi connectivity index (χ3n) is 3.03. The molecule has 2 aromatic heterocycles. The first-order valence-electron chi connectivity index (χ1n) is 6.35. The number of rotatable bonds is 3. The molecule has 0 bridgehead atoms. The molecule has 1 unspecified atom stereocenters. The molecule has 7 heteroatoms. The van der Waals surface area contributed by atoms with Gasteiger partial charge in [-0.05, 0) is 32.0 Å². The van der Waals surface area contributed by atoms with Crippen LogP contribution in [-0.2, 0) is 0 Å². The van der Waals surface area contributed by atoms with E-state index in [1.807, 2.05) is 30.4 Å². The van der Waals surface area contributed by atoms with E-state index in [9.17, 15) is 0 Å². The van der Waals surface area contributed by atoms with Crippen LogP contribution >= 0.6 is 23.2 Å². The number of ether oxygens (including phenoxy) is 1. The molecule has 0 radical (unpaired) electrons. The third-order valence-corrected chi connectivity index (χ3v) is 3.45. The maximum absolute atomic E-state index is 5.95. The molecule has 108 valence electrons. The van der Waals surface area contributed by atoms with Crippen molar-refractivity contribution in [1.29, 1.82) is 0 Å². The predicted octanol–water partition coefficient (Wildman–Crippen LogP) is 3.88. The number of benzene rings is 1. The Morgan fingerprint density at radius 2 is 2.00 bits per heavy atom. The van der Waals surface area contributed by atoms with E-state index in [0.717, 1.165) is 0 Å². The Bertz CT molecular complexity index is 803. The maximum Gasteiger partial charge on any atom is 0.179 e. The van der Waals surface area contributed by atoms with Crippen LogP contribution < -0.4 is 4.74 Å². The Hall–Kier alpha value is -1.85. The van der Waals surface area contributed by atoms with Gasteiger partial charge in [-0.3, -0.25) is 4.40 Å². The fraction of sp³-hybridized carbons (Fsp3) is 0.214. The Balaban J connectivity index is 1.96. The molecule has 1 aromatic carbocycles. The van der Waals surface area contributed by atoms with E-state index in [-0.39, 0.29) is 6.10 Å². The summed E-state index contributed by atoms with van der Waals surface area (Å²) >= 11 is 11.9. The Morgan fingerprint density at radius 3 is 2.76 bits per heavy atom. The van der Waals surface area contributed by atoms with Gasteiger partial charge in [0.05, 0.1) is 0 Å². The van der Waals surface area contributed by atoms with Crippen molar-refractivity contribution >= 4 is 28.8 Å². The van der Waals surface area contributed by atoms with E-state index in [2.05, 4.69) is 15.2 Å². The van der Waals surface area contributed by atoms with Crippen LogP contribution in [0.25, 0.3) is 5.65 Å². The highest BCUT2D eigenvalue weighted by Crippen LogP contribution is 2.24. The standard InChI is InChI=1S/C14H12Cl2N4O/c1-8(21-11-5-3-4-10(15)6-11)14-19-18-13-7-12(16)17-9(2)20(13)14/h3-8H,1-2H3. The zero-order valence-electron chi connectivity index (χ0n) is 11.4. The number of hydrogen-bond acceptors (Lipinski definition) is 4. The summed E-state index contributed by atoms with van der Waals surface area (Å²) in [6.07, 6.45) is -0.305. The fourth-order valence-corrected chi connectivity index (χ4v) is 2.54. The molecule has 0 aliphatic heterocycles. The van der Waals surface area contributed by atoms with Gasteiger partial charge < -0.3 is 4.74 Å². The van der Waals surface area contributed by atoms with E-state index in [1.54, 1.807) is 18.2 Å². The van der Waals surface area contributed by atoms with Gasteiger partial charge in [0.1, 0.15) is 16.7 Å². The molecule has 0 fully saturated rings. The van der Waals surface area contributed by atoms with Gasteiger partial charge in [-0.2, -0.15) is 0 Å². The summed E-state index contributed by atoms with van der Waals surface area (Å²) in [5.74, 6) is 2.04. The molecular formula is C14H12Cl2N4O. The summed E-state index contributed by atoms with van der Waals surface area (Å²) in [5, 5.41) is 9.29. The predicted molar refractivity (Wildman–Crippen MR) is 81.0 cm³/mol. The van der Waals surface area contributed by atoms with Crippen molar-refractivity contribution in [2.45, 2.75) is 20.0 Å². The molecule has 3 aromatic rings. The van der Waals surface area contributed by atoms with Crippen LogP contribution in [0.5, 0.6) is 5.75 Å². The molecule has 0 aliphatic rings. The second-order valence-electron chi connectivity index (χ2n) is 4.60. The maximum atomic E-state index is 5.95. The van der Waals surface area contributed by atoms with E-state index in [1.165, 1.54) is 0 Å². The van der Waals surface area contributed by atoms with Crippen LogP contribution in [0.3, 0.4) is 0 Å². The number of aromatic nitrogens is 4. The highest BCUT2D eigenvalue weighted by Gasteiger charge is 2.17. The highest BCUT2D eigenvalue weighted by molar-refractivity contribution is 6.30. The molecule has 21 heavy (non-hydrogen) atoms. The average molecular weight is 323 g/mol. The van der Waals surface area contributed by atoms with Gasteiger partial charge in [-0.1, -0.05) is 29.3 Å². The van der Waals surface area contributed by atoms with Crippen LogP contribution in [0.15, 0.2) is 30.3 Å². The smallest absolute Gasteiger partial charge is 0.179 e. The lowest BCUT2D eigenvalue weighted by Crippen LogP contribution is -2.10. The van der Waals surface area contributed by atoms with E-state index < -0.39 is 0 Å². The van der Waals surface area contributed by atoms with Gasteiger partial charge in [0, 0.05) is 11.1 Å². The lowest BCUT2D eigenvalue weighted by molar-refractivity contribution is 0.214. The molecule has 0 amide bonds. The zero-order valence-corrected chi connectivity index (χ0v) is 12.9. The van der Waals surface area contributed by atoms with Gasteiger partial charge in [-0.25, -0.2) is 4.98 Å². The fourth-order valence-electron chi connectivity index (χ4n) is 2.14. The topological polar surface area (TPSA) is 52.3 Å². The molecule has 0 N–H and O–H groups in total. The lowest BCUT2D eigenvalue weighted by Gasteiger charge is -2.14. The molecule has 5 nitrogen and oxygen atoms in total. The molecule has 0 spiro atoms. The molecular weight excluding hydrogens is 311 g/mol. The van der Waals surface area contributed by atoms with Gasteiger partial charge in [0.15, 0.2) is 17.6 Å². The van der Waals surface area contributed by atoms with Crippen molar-refractivity contribution in [2.75, 3.05) is 0 Å². The second-order valence-corrected chi connectivity index (χ2v) is 5.42. The Labute approximate surface area is 131 Å². The van der Waals surface area contributed by atoms with Gasteiger partial charge in [0.25, 0.3) is 0 Å². The molecule has 0 aliphatic carbocycles. The number of aryl methyl sites for hydroxylation is 1. The van der Waals surface area contributed by atoms with Crippen molar-refractivity contribution in [3.8, 4) is 5.75 Å². The first kappa shape index (κ1) is 14.1. The normalized spacial score (nSPS) is 12.6. The number of nitrogens with zero attached hydrogens (tertiary/aromatic N) is 4. The van der Waals surface area contributed by atoms with Gasteiger partial charge in [-0.15, -0.1) is 10.2 Å². The van der Waals surface area contributed by atoms with Crippen LogP contribution in [-0.4, -0.2) is 19.6 Å². The number of halogens is 2. The summed E-state index contributed by atoms with van der Waals surface area (Å²) in [6, 6.07) is 8.88. The van der Waals surface area contributed by atoms with Crippen molar-refractivity contribution in [3.05, 3.63) is 52.2 Å². The van der Waals surface area contributed by atoms with Crippen LogP contribution in [0.4, 0.5) is 0 Å². The summed E-state index contributed by atoms with van der Waals surface area (Å²) in [4.78, 5) is 4.21. The monoisotopic (exact) mass is 322 g/mol. The summed E-state index contributed by atoms with van der Waals surface area (Å²) in [5.41, 5.74) is 0.643. The van der Waals surface area contributed by atoms with E-state index in [4.69, 9.17) is 27.9 Å². The van der Waals surface area contributed by atoms with Crippen molar-refractivity contribution in [1.82, 2.24) is 19.6 Å².